The summed E-state index contributed by atoms with van der Waals surface area (Å²) in [6.45, 7) is 13.3. The average molecular weight is 376 g/mol. The van der Waals surface area contributed by atoms with Crippen LogP contribution in [0.2, 0.25) is 0 Å². The highest BCUT2D eigenvalue weighted by Crippen LogP contribution is 2.36. The van der Waals surface area contributed by atoms with Gasteiger partial charge in [-0.15, -0.1) is 0 Å². The van der Waals surface area contributed by atoms with Crippen molar-refractivity contribution in [1.82, 2.24) is 0 Å². The molecule has 1 heterocycles. The Morgan fingerprint density at radius 2 is 1.70 bits per heavy atom. The molecule has 0 radical (unpaired) electrons. The molecular weight excluding hydrogens is 347 g/mol. The third-order valence-electron chi connectivity index (χ3n) is 4.65. The smallest absolute Gasteiger partial charge is 0.481 e. The molecule has 27 heavy (non-hydrogen) atoms. The van der Waals surface area contributed by atoms with Crippen molar-refractivity contribution in [3.8, 4) is 0 Å². The van der Waals surface area contributed by atoms with E-state index in [4.69, 9.17) is 24.2 Å². The maximum absolute atomic E-state index is 12.1. The molecule has 0 saturated carbocycles. The molecule has 1 aromatic carbocycles. The predicted molar refractivity (Wildman–Crippen MR) is 106 cm³/mol. The fourth-order valence-corrected chi connectivity index (χ4v) is 2.51. The Kier molecular flexibility index (Phi) is 5.64. The topological polar surface area (TPSA) is 89.9 Å². The summed E-state index contributed by atoms with van der Waals surface area (Å²) in [4.78, 5) is 12.1. The highest BCUT2D eigenvalue weighted by atomic mass is 16.7. The molecular formula is C19H29BN2O5. The standard InChI is InChI=1S/C19H29BN2O5/c1-17(2,3)25-16(23)22-14-10-9-12(11-13(14)15(21)24-8)20-26-18(4,5)19(6,7)27-20/h9-11,21H,1-8H3,(H,22,23). The molecule has 7 nitrogen and oxygen atoms in total. The van der Waals surface area contributed by atoms with Gasteiger partial charge >= 0.3 is 13.2 Å². The van der Waals surface area contributed by atoms with Crippen molar-refractivity contribution in [2.75, 3.05) is 12.4 Å². The SMILES string of the molecule is COC(=N)c1cc(B2OC(C)(C)C(C)(C)O2)ccc1NC(=O)OC(C)(C)C. The van der Waals surface area contributed by atoms with Gasteiger partial charge in [0.15, 0.2) is 0 Å². The molecule has 0 atom stereocenters. The number of methoxy groups -OCH3 is 1. The minimum atomic E-state index is -0.623. The van der Waals surface area contributed by atoms with Gasteiger partial charge in [-0.3, -0.25) is 10.7 Å². The quantitative estimate of drug-likeness (QED) is 0.480. The molecule has 0 bridgehead atoms. The fourth-order valence-electron chi connectivity index (χ4n) is 2.51. The first-order chi connectivity index (χ1) is 12.3. The number of anilines is 1. The van der Waals surface area contributed by atoms with Crippen LogP contribution in [-0.2, 0) is 18.8 Å². The van der Waals surface area contributed by atoms with Gasteiger partial charge in [-0.05, 0) is 66.1 Å². The molecule has 2 rings (SSSR count). The lowest BCUT2D eigenvalue weighted by Gasteiger charge is -2.32. The molecule has 1 saturated heterocycles. The van der Waals surface area contributed by atoms with E-state index < -0.39 is 30.0 Å². The van der Waals surface area contributed by atoms with Crippen molar-refractivity contribution < 1.29 is 23.6 Å². The van der Waals surface area contributed by atoms with E-state index in [0.717, 1.165) is 5.46 Å². The first-order valence-corrected chi connectivity index (χ1v) is 8.88. The Balaban J connectivity index is 2.31. The average Bonchev–Trinajstić information content (AvgIpc) is 2.73. The molecule has 0 aliphatic carbocycles. The van der Waals surface area contributed by atoms with E-state index in [1.807, 2.05) is 27.7 Å². The predicted octanol–water partition coefficient (Wildman–Crippen LogP) is 3.30. The first-order valence-electron chi connectivity index (χ1n) is 8.88. The number of benzene rings is 1. The van der Waals surface area contributed by atoms with Crippen LogP contribution in [0, 0.1) is 5.41 Å². The van der Waals surface area contributed by atoms with Gasteiger partial charge in [0, 0.05) is 0 Å². The first kappa shape index (κ1) is 21.2. The summed E-state index contributed by atoms with van der Waals surface area (Å²) in [5.41, 5.74) is -0.00560. The molecule has 1 aliphatic heterocycles. The monoisotopic (exact) mass is 376 g/mol. The van der Waals surface area contributed by atoms with E-state index in [1.165, 1.54) is 7.11 Å². The summed E-state index contributed by atoms with van der Waals surface area (Å²) < 4.78 is 22.5. The summed E-state index contributed by atoms with van der Waals surface area (Å²) >= 11 is 0. The van der Waals surface area contributed by atoms with E-state index in [1.54, 1.807) is 39.0 Å². The minimum absolute atomic E-state index is 0.0839. The third-order valence-corrected chi connectivity index (χ3v) is 4.65. The lowest BCUT2D eigenvalue weighted by atomic mass is 9.78. The van der Waals surface area contributed by atoms with Gasteiger partial charge < -0.3 is 18.8 Å². The van der Waals surface area contributed by atoms with E-state index >= 15 is 0 Å². The van der Waals surface area contributed by atoms with E-state index in [-0.39, 0.29) is 5.90 Å². The van der Waals surface area contributed by atoms with Crippen molar-refractivity contribution in [1.29, 1.82) is 5.41 Å². The molecule has 8 heteroatoms. The van der Waals surface area contributed by atoms with Crippen molar-refractivity contribution >= 4 is 30.3 Å². The van der Waals surface area contributed by atoms with Gasteiger partial charge in [-0.2, -0.15) is 0 Å². The highest BCUT2D eigenvalue weighted by Gasteiger charge is 2.51. The summed E-state index contributed by atoms with van der Waals surface area (Å²) in [6, 6.07) is 5.20. The number of carbonyl (C=O) groups excluding carboxylic acids is 1. The number of nitrogens with one attached hydrogen (secondary N) is 2. The molecule has 148 valence electrons. The van der Waals surface area contributed by atoms with Crippen LogP contribution in [0.15, 0.2) is 18.2 Å². The lowest BCUT2D eigenvalue weighted by Crippen LogP contribution is -2.41. The van der Waals surface area contributed by atoms with E-state index in [0.29, 0.717) is 11.3 Å². The second-order valence-corrected chi connectivity index (χ2v) is 8.55. The number of hydrogen-bond acceptors (Lipinski definition) is 6. The Labute approximate surface area is 161 Å². The summed E-state index contributed by atoms with van der Waals surface area (Å²) in [5.74, 6) is -0.0839. The van der Waals surface area contributed by atoms with Crippen LogP contribution in [0.5, 0.6) is 0 Å². The van der Waals surface area contributed by atoms with Crippen LogP contribution in [0.25, 0.3) is 0 Å². The van der Waals surface area contributed by atoms with Crippen LogP contribution in [0.3, 0.4) is 0 Å². The highest BCUT2D eigenvalue weighted by molar-refractivity contribution is 6.62. The van der Waals surface area contributed by atoms with Gasteiger partial charge in [0.1, 0.15) is 5.60 Å². The van der Waals surface area contributed by atoms with Gasteiger partial charge in [-0.25, -0.2) is 4.79 Å². The molecule has 0 unspecified atom stereocenters. The third kappa shape index (κ3) is 4.81. The number of rotatable bonds is 3. The molecule has 0 spiro atoms. The Bertz CT molecular complexity index is 724. The molecule has 1 aliphatic rings. The van der Waals surface area contributed by atoms with Crippen molar-refractivity contribution in [2.24, 2.45) is 0 Å². The minimum Gasteiger partial charge on any atom is -0.481 e. The second-order valence-electron chi connectivity index (χ2n) is 8.55. The van der Waals surface area contributed by atoms with Crippen LogP contribution >= 0.6 is 0 Å². The summed E-state index contributed by atoms with van der Waals surface area (Å²) in [6.07, 6.45) is -0.601. The van der Waals surface area contributed by atoms with Gasteiger partial charge in [0.2, 0.25) is 5.90 Å². The number of carbonyl (C=O) groups is 1. The van der Waals surface area contributed by atoms with Crippen molar-refractivity contribution in [2.45, 2.75) is 65.3 Å². The van der Waals surface area contributed by atoms with Crippen molar-refractivity contribution in [3.63, 3.8) is 0 Å². The molecule has 1 fully saturated rings. The number of amides is 1. The van der Waals surface area contributed by atoms with E-state index in [2.05, 4.69) is 5.32 Å². The van der Waals surface area contributed by atoms with Crippen LogP contribution in [-0.4, -0.2) is 43.0 Å². The van der Waals surface area contributed by atoms with Crippen LogP contribution in [0.1, 0.15) is 54.0 Å². The zero-order valence-electron chi connectivity index (χ0n) is 17.4. The summed E-state index contributed by atoms with van der Waals surface area (Å²) in [5, 5.41) is 10.7. The number of hydrogen-bond donors (Lipinski definition) is 2. The zero-order chi connectivity index (χ0) is 20.6. The number of ether oxygens (including phenoxy) is 2. The fraction of sp³-hybridized carbons (Fsp3) is 0.579. The normalized spacial score (nSPS) is 18.1. The summed E-state index contributed by atoms with van der Waals surface area (Å²) in [7, 11) is 0.829. The van der Waals surface area contributed by atoms with Gasteiger partial charge in [-0.1, -0.05) is 6.07 Å². The molecule has 1 aromatic rings. The molecule has 2 N–H and O–H groups in total. The van der Waals surface area contributed by atoms with E-state index in [9.17, 15) is 4.79 Å². The Morgan fingerprint density at radius 1 is 1.15 bits per heavy atom. The lowest BCUT2D eigenvalue weighted by molar-refractivity contribution is 0.00578. The molecule has 0 aromatic heterocycles. The second kappa shape index (κ2) is 7.17. The van der Waals surface area contributed by atoms with Crippen molar-refractivity contribution in [3.05, 3.63) is 23.8 Å². The maximum Gasteiger partial charge on any atom is 0.494 e. The zero-order valence-corrected chi connectivity index (χ0v) is 17.4. The molecule has 1 amide bonds. The largest absolute Gasteiger partial charge is 0.494 e. The van der Waals surface area contributed by atoms with Crippen LogP contribution < -0.4 is 10.8 Å². The van der Waals surface area contributed by atoms with Crippen LogP contribution in [0.4, 0.5) is 10.5 Å². The Hall–Kier alpha value is -2.06. The van der Waals surface area contributed by atoms with Gasteiger partial charge in [0.05, 0.1) is 29.6 Å². The Morgan fingerprint density at radius 3 is 2.19 bits per heavy atom. The maximum atomic E-state index is 12.1. The van der Waals surface area contributed by atoms with Gasteiger partial charge in [0.25, 0.3) is 0 Å².